The van der Waals surface area contributed by atoms with Crippen molar-refractivity contribution < 1.29 is 4.39 Å². The third-order valence-electron chi connectivity index (χ3n) is 3.82. The van der Waals surface area contributed by atoms with Crippen molar-refractivity contribution in [3.8, 4) is 0 Å². The Morgan fingerprint density at radius 1 is 1.11 bits per heavy atom. The topological polar surface area (TPSA) is 0 Å². The highest BCUT2D eigenvalue weighted by atomic mass is 79.9. The van der Waals surface area contributed by atoms with Crippen LogP contribution in [0.2, 0.25) is 0 Å². The summed E-state index contributed by atoms with van der Waals surface area (Å²) in [6.45, 7) is 0. The number of thioether (sulfide) groups is 1. The third-order valence-corrected chi connectivity index (χ3v) is 6.41. The zero-order valence-electron chi connectivity index (χ0n) is 10.6. The van der Waals surface area contributed by atoms with Crippen molar-refractivity contribution >= 4 is 27.7 Å². The first-order valence-electron chi connectivity index (χ1n) is 6.69. The van der Waals surface area contributed by atoms with E-state index < -0.39 is 0 Å². The predicted molar refractivity (Wildman–Crippen MR) is 81.1 cm³/mol. The van der Waals surface area contributed by atoms with Crippen molar-refractivity contribution in [2.75, 3.05) is 11.1 Å². The highest BCUT2D eigenvalue weighted by Crippen LogP contribution is 2.41. The molecule has 100 valence electrons. The molecule has 1 fully saturated rings. The predicted octanol–water partition coefficient (Wildman–Crippen LogP) is 5.65. The summed E-state index contributed by atoms with van der Waals surface area (Å²) in [6.07, 6.45) is 7.92. The standard InChI is InChI=1S/C15H20BrFS/c16-11-15(9-5-1-2-6-10-15)12-18-14-8-4-3-7-13(14)17/h3-4,7-8H,1-2,5-6,9-12H2. The molecule has 3 heteroatoms. The molecule has 0 aliphatic heterocycles. The highest BCUT2D eigenvalue weighted by molar-refractivity contribution is 9.09. The summed E-state index contributed by atoms with van der Waals surface area (Å²) in [5.41, 5.74) is 0.365. The van der Waals surface area contributed by atoms with Crippen LogP contribution < -0.4 is 0 Å². The van der Waals surface area contributed by atoms with Crippen LogP contribution in [0.25, 0.3) is 0 Å². The fourth-order valence-electron chi connectivity index (χ4n) is 2.59. The lowest BCUT2D eigenvalue weighted by Crippen LogP contribution is -2.25. The molecular weight excluding hydrogens is 311 g/mol. The maximum atomic E-state index is 13.6. The van der Waals surface area contributed by atoms with E-state index in [1.54, 1.807) is 23.9 Å². The van der Waals surface area contributed by atoms with Gasteiger partial charge in [0.15, 0.2) is 0 Å². The lowest BCUT2D eigenvalue weighted by Gasteiger charge is -2.30. The van der Waals surface area contributed by atoms with Gasteiger partial charge in [0.25, 0.3) is 0 Å². The minimum Gasteiger partial charge on any atom is -0.206 e. The fourth-order valence-corrected chi connectivity index (χ4v) is 4.84. The molecule has 0 amide bonds. The average molecular weight is 331 g/mol. The zero-order valence-corrected chi connectivity index (χ0v) is 13.0. The second-order valence-electron chi connectivity index (χ2n) is 5.27. The summed E-state index contributed by atoms with van der Waals surface area (Å²) in [4.78, 5) is 0.794. The van der Waals surface area contributed by atoms with Gasteiger partial charge in [-0.05, 0) is 30.4 Å². The number of rotatable bonds is 4. The van der Waals surface area contributed by atoms with Gasteiger partial charge in [0.1, 0.15) is 5.82 Å². The molecule has 0 spiro atoms. The van der Waals surface area contributed by atoms with Crippen LogP contribution in [0.3, 0.4) is 0 Å². The molecule has 0 saturated heterocycles. The molecule has 0 N–H and O–H groups in total. The molecule has 18 heavy (non-hydrogen) atoms. The van der Waals surface area contributed by atoms with Crippen LogP contribution in [0.5, 0.6) is 0 Å². The van der Waals surface area contributed by atoms with Crippen LogP contribution >= 0.6 is 27.7 Å². The fraction of sp³-hybridized carbons (Fsp3) is 0.600. The Kier molecular flexibility index (Phi) is 5.56. The zero-order chi connectivity index (χ0) is 12.8. The summed E-state index contributed by atoms with van der Waals surface area (Å²) in [5.74, 6) is 0.944. The first kappa shape index (κ1) is 14.4. The van der Waals surface area contributed by atoms with E-state index in [2.05, 4.69) is 15.9 Å². The van der Waals surface area contributed by atoms with Crippen molar-refractivity contribution in [3.05, 3.63) is 30.1 Å². The van der Waals surface area contributed by atoms with Crippen LogP contribution in [0, 0.1) is 11.2 Å². The van der Waals surface area contributed by atoms with Gasteiger partial charge in [-0.15, -0.1) is 11.8 Å². The SMILES string of the molecule is Fc1ccccc1SCC1(CBr)CCCCCC1. The molecule has 0 bridgehead atoms. The van der Waals surface area contributed by atoms with Gasteiger partial charge in [-0.2, -0.15) is 0 Å². The van der Waals surface area contributed by atoms with Crippen molar-refractivity contribution in [2.45, 2.75) is 43.4 Å². The van der Waals surface area contributed by atoms with Crippen LogP contribution in [-0.4, -0.2) is 11.1 Å². The van der Waals surface area contributed by atoms with Crippen molar-refractivity contribution in [3.63, 3.8) is 0 Å². The number of halogens is 2. The van der Waals surface area contributed by atoms with Crippen LogP contribution in [-0.2, 0) is 0 Å². The van der Waals surface area contributed by atoms with Crippen molar-refractivity contribution in [1.82, 2.24) is 0 Å². The Hall–Kier alpha value is -0.0200. The summed E-state index contributed by atoms with van der Waals surface area (Å²) < 4.78 is 13.6. The number of hydrogen-bond acceptors (Lipinski definition) is 1. The smallest absolute Gasteiger partial charge is 0.136 e. The van der Waals surface area contributed by atoms with Crippen molar-refractivity contribution in [1.29, 1.82) is 0 Å². The molecule has 0 heterocycles. The number of hydrogen-bond donors (Lipinski definition) is 0. The Morgan fingerprint density at radius 3 is 2.39 bits per heavy atom. The van der Waals surface area contributed by atoms with E-state index in [9.17, 15) is 4.39 Å². The number of alkyl halides is 1. The van der Waals surface area contributed by atoms with Crippen LogP contribution in [0.1, 0.15) is 38.5 Å². The molecule has 0 nitrogen and oxygen atoms in total. The Balaban J connectivity index is 2.00. The van der Waals surface area contributed by atoms with Gasteiger partial charge in [0, 0.05) is 16.0 Å². The summed E-state index contributed by atoms with van der Waals surface area (Å²) in [7, 11) is 0. The Labute approximate surface area is 122 Å². The lowest BCUT2D eigenvalue weighted by atomic mass is 9.85. The Morgan fingerprint density at radius 2 is 1.78 bits per heavy atom. The molecule has 0 unspecified atom stereocenters. The Bertz CT molecular complexity index is 373. The molecule has 1 aromatic carbocycles. The van der Waals surface area contributed by atoms with Gasteiger partial charge in [-0.1, -0.05) is 53.7 Å². The maximum absolute atomic E-state index is 13.6. The molecule has 2 rings (SSSR count). The third kappa shape index (κ3) is 3.74. The average Bonchev–Trinajstić information content (AvgIpc) is 2.64. The summed E-state index contributed by atoms with van der Waals surface area (Å²) >= 11 is 5.37. The van der Waals surface area contributed by atoms with Gasteiger partial charge in [-0.3, -0.25) is 0 Å². The number of benzene rings is 1. The van der Waals surface area contributed by atoms with Gasteiger partial charge < -0.3 is 0 Å². The van der Waals surface area contributed by atoms with E-state index in [4.69, 9.17) is 0 Å². The lowest BCUT2D eigenvalue weighted by molar-refractivity contribution is 0.334. The second kappa shape index (κ2) is 6.95. The monoisotopic (exact) mass is 330 g/mol. The molecule has 1 saturated carbocycles. The quantitative estimate of drug-likeness (QED) is 0.390. The minimum atomic E-state index is -0.0826. The van der Waals surface area contributed by atoms with Crippen molar-refractivity contribution in [2.24, 2.45) is 5.41 Å². The van der Waals surface area contributed by atoms with E-state index in [0.29, 0.717) is 5.41 Å². The van der Waals surface area contributed by atoms with E-state index in [0.717, 1.165) is 16.0 Å². The van der Waals surface area contributed by atoms with E-state index >= 15 is 0 Å². The first-order chi connectivity index (χ1) is 8.76. The molecule has 1 aliphatic carbocycles. The molecule has 0 atom stereocenters. The highest BCUT2D eigenvalue weighted by Gasteiger charge is 2.30. The second-order valence-corrected chi connectivity index (χ2v) is 6.84. The molecular formula is C15H20BrFS. The van der Waals surface area contributed by atoms with E-state index in [1.165, 1.54) is 38.5 Å². The van der Waals surface area contributed by atoms with Crippen LogP contribution in [0.15, 0.2) is 29.2 Å². The largest absolute Gasteiger partial charge is 0.206 e. The van der Waals surface area contributed by atoms with Gasteiger partial charge in [-0.25, -0.2) is 4.39 Å². The molecule has 0 aromatic heterocycles. The summed E-state index contributed by atoms with van der Waals surface area (Å²) in [6, 6.07) is 7.11. The van der Waals surface area contributed by atoms with E-state index in [-0.39, 0.29) is 5.82 Å². The normalized spacial score (nSPS) is 19.4. The van der Waals surface area contributed by atoms with Gasteiger partial charge in [0.05, 0.1) is 0 Å². The molecule has 1 aliphatic rings. The molecule has 1 aromatic rings. The molecule has 0 radical (unpaired) electrons. The van der Waals surface area contributed by atoms with E-state index in [1.807, 2.05) is 12.1 Å². The first-order valence-corrected chi connectivity index (χ1v) is 8.80. The van der Waals surface area contributed by atoms with Gasteiger partial charge >= 0.3 is 0 Å². The minimum absolute atomic E-state index is 0.0826. The maximum Gasteiger partial charge on any atom is 0.136 e. The van der Waals surface area contributed by atoms with Gasteiger partial charge in [0.2, 0.25) is 0 Å². The summed E-state index contributed by atoms with van der Waals surface area (Å²) in [5, 5.41) is 1.04. The van der Waals surface area contributed by atoms with Crippen LogP contribution in [0.4, 0.5) is 4.39 Å².